The summed E-state index contributed by atoms with van der Waals surface area (Å²) >= 11 is 0. The van der Waals surface area contributed by atoms with E-state index >= 15 is 0 Å². The fourth-order valence-corrected chi connectivity index (χ4v) is 3.42. The van der Waals surface area contributed by atoms with Crippen LogP contribution in [0.5, 0.6) is 5.75 Å². The van der Waals surface area contributed by atoms with E-state index < -0.39 is 0 Å². The van der Waals surface area contributed by atoms with Crippen LogP contribution in [0.2, 0.25) is 0 Å². The lowest BCUT2D eigenvalue weighted by Gasteiger charge is -2.33. The number of rotatable bonds is 3. The maximum absolute atomic E-state index is 13.3. The van der Waals surface area contributed by atoms with Gasteiger partial charge < -0.3 is 9.64 Å². The van der Waals surface area contributed by atoms with E-state index in [0.717, 1.165) is 12.1 Å². The number of tetrazole rings is 1. The smallest absolute Gasteiger partial charge is 0.258 e. The highest BCUT2D eigenvalue weighted by molar-refractivity contribution is 6.07. The van der Waals surface area contributed by atoms with Crippen LogP contribution in [0.15, 0.2) is 48.8 Å². The first-order chi connectivity index (χ1) is 12.7. The van der Waals surface area contributed by atoms with Crippen LogP contribution in [0.1, 0.15) is 22.8 Å². The number of fused-ring (bicyclic) bond motifs is 1. The Kier molecular flexibility index (Phi) is 4.12. The van der Waals surface area contributed by atoms with Crippen molar-refractivity contribution in [1.29, 1.82) is 0 Å². The van der Waals surface area contributed by atoms with Gasteiger partial charge in [-0.1, -0.05) is 25.1 Å². The lowest BCUT2D eigenvalue weighted by molar-refractivity contribution is 0.0981. The highest BCUT2D eigenvalue weighted by atomic mass is 16.5. The molecule has 3 aromatic rings. The molecule has 1 aromatic heterocycles. The van der Waals surface area contributed by atoms with Crippen LogP contribution < -0.4 is 9.64 Å². The van der Waals surface area contributed by atoms with E-state index in [4.69, 9.17) is 4.74 Å². The summed E-state index contributed by atoms with van der Waals surface area (Å²) in [5.41, 5.74) is 3.38. The first-order valence-electron chi connectivity index (χ1n) is 8.48. The van der Waals surface area contributed by atoms with E-state index in [1.807, 2.05) is 23.1 Å². The van der Waals surface area contributed by atoms with Gasteiger partial charge in [0.15, 0.2) is 0 Å². The van der Waals surface area contributed by atoms with E-state index in [1.165, 1.54) is 16.6 Å². The maximum atomic E-state index is 13.3. The highest BCUT2D eigenvalue weighted by Gasteiger charge is 2.27. The molecule has 2 aromatic carbocycles. The second-order valence-electron chi connectivity index (χ2n) is 6.49. The molecule has 0 saturated heterocycles. The van der Waals surface area contributed by atoms with Crippen LogP contribution in [-0.2, 0) is 6.42 Å². The van der Waals surface area contributed by atoms with Crippen LogP contribution in [0.3, 0.4) is 0 Å². The molecular weight excluding hydrogens is 330 g/mol. The SMILES string of the molecule is COc1ccc(C(=O)N2C[C@H](C)Cc3ccccc32)cc1-n1cnnn1. The lowest BCUT2D eigenvalue weighted by atomic mass is 9.93. The van der Waals surface area contributed by atoms with Gasteiger partial charge in [-0.2, -0.15) is 4.68 Å². The molecule has 0 N–H and O–H groups in total. The third kappa shape index (κ3) is 2.81. The summed E-state index contributed by atoms with van der Waals surface area (Å²) in [6.45, 7) is 2.86. The van der Waals surface area contributed by atoms with Crippen LogP contribution in [0.4, 0.5) is 5.69 Å². The number of anilines is 1. The molecule has 132 valence electrons. The largest absolute Gasteiger partial charge is 0.494 e. The minimum atomic E-state index is -0.0408. The zero-order valence-electron chi connectivity index (χ0n) is 14.7. The number of hydrogen-bond acceptors (Lipinski definition) is 5. The predicted molar refractivity (Wildman–Crippen MR) is 96.7 cm³/mol. The zero-order valence-corrected chi connectivity index (χ0v) is 14.7. The fourth-order valence-electron chi connectivity index (χ4n) is 3.42. The van der Waals surface area contributed by atoms with Crippen molar-refractivity contribution in [3.8, 4) is 11.4 Å². The summed E-state index contributed by atoms with van der Waals surface area (Å²) in [4.78, 5) is 15.1. The molecular formula is C19H19N5O2. The number of hydrogen-bond donors (Lipinski definition) is 0. The second-order valence-corrected chi connectivity index (χ2v) is 6.49. The van der Waals surface area contributed by atoms with E-state index in [1.54, 1.807) is 25.3 Å². The number of amides is 1. The van der Waals surface area contributed by atoms with Gasteiger partial charge in [0.25, 0.3) is 5.91 Å². The number of aromatic nitrogens is 4. The van der Waals surface area contributed by atoms with Crippen LogP contribution >= 0.6 is 0 Å². The predicted octanol–water partition coefficient (Wildman–Crippen LogP) is 2.51. The van der Waals surface area contributed by atoms with Gasteiger partial charge >= 0.3 is 0 Å². The van der Waals surface area contributed by atoms with Crippen molar-refractivity contribution in [2.24, 2.45) is 5.92 Å². The van der Waals surface area contributed by atoms with Crippen molar-refractivity contribution >= 4 is 11.6 Å². The van der Waals surface area contributed by atoms with Crippen molar-refractivity contribution in [2.75, 3.05) is 18.6 Å². The molecule has 7 heteroatoms. The molecule has 0 spiro atoms. The summed E-state index contributed by atoms with van der Waals surface area (Å²) in [5, 5.41) is 11.2. The first-order valence-corrected chi connectivity index (χ1v) is 8.48. The van der Waals surface area contributed by atoms with E-state index in [2.05, 4.69) is 28.5 Å². The summed E-state index contributed by atoms with van der Waals surface area (Å²) in [6.07, 6.45) is 2.46. The molecule has 2 heterocycles. The topological polar surface area (TPSA) is 73.1 Å². The Bertz CT molecular complexity index is 939. The molecule has 0 fully saturated rings. The van der Waals surface area contributed by atoms with Gasteiger partial charge in [0.2, 0.25) is 0 Å². The molecule has 0 bridgehead atoms. The van der Waals surface area contributed by atoms with Gasteiger partial charge in [0.1, 0.15) is 17.8 Å². The standard InChI is InChI=1S/C19H19N5O2/c1-13-9-14-5-3-4-6-16(14)23(11-13)19(25)15-7-8-18(26-2)17(10-15)24-12-20-21-22-24/h3-8,10,12-13H,9,11H2,1-2H3/t13-/m1/s1. The minimum absolute atomic E-state index is 0.0408. The zero-order chi connectivity index (χ0) is 18.1. The van der Waals surface area contributed by atoms with Gasteiger partial charge in [-0.05, 0) is 52.6 Å². The van der Waals surface area contributed by atoms with Crippen LogP contribution in [0.25, 0.3) is 5.69 Å². The monoisotopic (exact) mass is 349 g/mol. The number of carbonyl (C=O) groups excluding carboxylic acids is 1. The molecule has 0 saturated carbocycles. The number of nitrogens with zero attached hydrogens (tertiary/aromatic N) is 5. The van der Waals surface area contributed by atoms with Gasteiger partial charge in [-0.3, -0.25) is 4.79 Å². The van der Waals surface area contributed by atoms with Crippen LogP contribution in [-0.4, -0.2) is 39.8 Å². The van der Waals surface area contributed by atoms with Crippen molar-refractivity contribution in [3.05, 3.63) is 59.9 Å². The number of benzene rings is 2. The Labute approximate surface area is 151 Å². The molecule has 1 aliphatic heterocycles. The summed E-state index contributed by atoms with van der Waals surface area (Å²) < 4.78 is 6.87. The molecule has 1 atom stereocenters. The first kappa shape index (κ1) is 16.3. The average molecular weight is 349 g/mol. The second kappa shape index (κ2) is 6.59. The van der Waals surface area contributed by atoms with E-state index in [-0.39, 0.29) is 5.91 Å². The molecule has 1 aliphatic rings. The van der Waals surface area contributed by atoms with E-state index in [9.17, 15) is 4.79 Å². The average Bonchev–Trinajstić information content (AvgIpc) is 3.21. The Hall–Kier alpha value is -3.22. The summed E-state index contributed by atoms with van der Waals surface area (Å²) in [5.74, 6) is 0.966. The Morgan fingerprint density at radius 1 is 1.19 bits per heavy atom. The molecule has 0 radical (unpaired) electrons. The van der Waals surface area contributed by atoms with Crippen molar-refractivity contribution in [2.45, 2.75) is 13.3 Å². The third-order valence-corrected chi connectivity index (χ3v) is 4.61. The van der Waals surface area contributed by atoms with Crippen molar-refractivity contribution < 1.29 is 9.53 Å². The molecule has 0 unspecified atom stereocenters. The highest BCUT2D eigenvalue weighted by Crippen LogP contribution is 2.31. The van der Waals surface area contributed by atoms with Crippen molar-refractivity contribution in [1.82, 2.24) is 20.2 Å². The maximum Gasteiger partial charge on any atom is 0.258 e. The van der Waals surface area contributed by atoms with Crippen molar-refractivity contribution in [3.63, 3.8) is 0 Å². The van der Waals surface area contributed by atoms with Gasteiger partial charge in [-0.25, -0.2) is 0 Å². The van der Waals surface area contributed by atoms with Gasteiger partial charge in [0, 0.05) is 17.8 Å². The summed E-state index contributed by atoms with van der Waals surface area (Å²) in [7, 11) is 1.58. The number of para-hydroxylation sites is 1. The minimum Gasteiger partial charge on any atom is -0.494 e. The van der Waals surface area contributed by atoms with E-state index in [0.29, 0.717) is 29.5 Å². The molecule has 0 aliphatic carbocycles. The third-order valence-electron chi connectivity index (χ3n) is 4.61. The number of methoxy groups -OCH3 is 1. The van der Waals surface area contributed by atoms with Gasteiger partial charge in [-0.15, -0.1) is 5.10 Å². The number of ether oxygens (including phenoxy) is 1. The summed E-state index contributed by atoms with van der Waals surface area (Å²) in [6, 6.07) is 13.4. The molecule has 1 amide bonds. The lowest BCUT2D eigenvalue weighted by Crippen LogP contribution is -2.39. The Morgan fingerprint density at radius 2 is 2.04 bits per heavy atom. The quantitative estimate of drug-likeness (QED) is 0.726. The fraction of sp³-hybridized carbons (Fsp3) is 0.263. The Morgan fingerprint density at radius 3 is 2.81 bits per heavy atom. The number of carbonyl (C=O) groups is 1. The molecule has 7 nitrogen and oxygen atoms in total. The van der Waals surface area contributed by atoms with Gasteiger partial charge in [0.05, 0.1) is 7.11 Å². The van der Waals surface area contributed by atoms with Crippen LogP contribution in [0, 0.1) is 5.92 Å². The molecule has 26 heavy (non-hydrogen) atoms. The molecule has 4 rings (SSSR count). The Balaban J connectivity index is 1.74. The normalized spacial score (nSPS) is 16.2.